The third-order valence-corrected chi connectivity index (χ3v) is 2.49. The van der Waals surface area contributed by atoms with Gasteiger partial charge in [0.05, 0.1) is 14.2 Å². The number of carbonyl (C=O) groups excluding carboxylic acids is 1. The Morgan fingerprint density at radius 2 is 2.00 bits per heavy atom. The molecular weight excluding hydrogens is 196 g/mol. The first-order valence-electron chi connectivity index (χ1n) is 4.64. The van der Waals surface area contributed by atoms with Crippen molar-refractivity contribution in [2.24, 2.45) is 0 Å². The first kappa shape index (κ1) is 9.83. The second kappa shape index (κ2) is 3.46. The van der Waals surface area contributed by atoms with Crippen LogP contribution in [0.15, 0.2) is 12.1 Å². The third kappa shape index (κ3) is 1.42. The van der Waals surface area contributed by atoms with Crippen molar-refractivity contribution in [2.45, 2.75) is 13.0 Å². The van der Waals surface area contributed by atoms with E-state index in [4.69, 9.17) is 14.2 Å². The SMILES string of the molecule is COc1cc(OC)c2c(c1)[C@H](C)OC2=O. The topological polar surface area (TPSA) is 44.8 Å². The van der Waals surface area contributed by atoms with Crippen molar-refractivity contribution in [2.75, 3.05) is 14.2 Å². The van der Waals surface area contributed by atoms with Crippen molar-refractivity contribution < 1.29 is 19.0 Å². The molecule has 2 rings (SSSR count). The van der Waals surface area contributed by atoms with Gasteiger partial charge in [0.2, 0.25) is 0 Å². The van der Waals surface area contributed by atoms with E-state index < -0.39 is 0 Å². The Bertz CT molecular complexity index is 411. The number of esters is 1. The molecule has 0 amide bonds. The maximum atomic E-state index is 11.5. The van der Waals surface area contributed by atoms with Crippen molar-refractivity contribution >= 4 is 5.97 Å². The molecule has 0 bridgehead atoms. The van der Waals surface area contributed by atoms with E-state index in [1.54, 1.807) is 19.2 Å². The highest BCUT2D eigenvalue weighted by Gasteiger charge is 2.32. The first-order chi connectivity index (χ1) is 7.17. The monoisotopic (exact) mass is 208 g/mol. The number of hydrogen-bond acceptors (Lipinski definition) is 4. The first-order valence-corrected chi connectivity index (χ1v) is 4.64. The standard InChI is InChI=1S/C11H12O4/c1-6-8-4-7(13-2)5-9(14-3)10(8)11(12)15-6/h4-6H,1-3H3/t6-/m0/s1. The van der Waals surface area contributed by atoms with Crippen LogP contribution in [-0.4, -0.2) is 20.2 Å². The van der Waals surface area contributed by atoms with Crippen LogP contribution in [0.4, 0.5) is 0 Å². The van der Waals surface area contributed by atoms with E-state index in [-0.39, 0.29) is 12.1 Å². The fourth-order valence-electron chi connectivity index (χ4n) is 1.71. The van der Waals surface area contributed by atoms with Crippen molar-refractivity contribution in [1.82, 2.24) is 0 Å². The number of fused-ring (bicyclic) bond motifs is 1. The van der Waals surface area contributed by atoms with Gasteiger partial charge in [-0.2, -0.15) is 0 Å². The number of methoxy groups -OCH3 is 2. The van der Waals surface area contributed by atoms with Gasteiger partial charge in [-0.15, -0.1) is 0 Å². The number of carbonyl (C=O) groups is 1. The molecule has 80 valence electrons. The van der Waals surface area contributed by atoms with Crippen LogP contribution in [0.2, 0.25) is 0 Å². The Kier molecular flexibility index (Phi) is 2.26. The maximum Gasteiger partial charge on any atom is 0.342 e. The summed E-state index contributed by atoms with van der Waals surface area (Å²) in [5.74, 6) is 0.825. The largest absolute Gasteiger partial charge is 0.497 e. The zero-order valence-corrected chi connectivity index (χ0v) is 8.87. The molecule has 0 saturated heterocycles. The summed E-state index contributed by atoms with van der Waals surface area (Å²) in [7, 11) is 3.09. The molecule has 0 unspecified atom stereocenters. The quantitative estimate of drug-likeness (QED) is 0.696. The van der Waals surface area contributed by atoms with Crippen LogP contribution in [0.1, 0.15) is 28.9 Å². The predicted octanol–water partition coefficient (Wildman–Crippen LogP) is 1.94. The molecule has 1 aliphatic rings. The van der Waals surface area contributed by atoms with Crippen LogP contribution < -0.4 is 9.47 Å². The minimum Gasteiger partial charge on any atom is -0.497 e. The van der Waals surface area contributed by atoms with E-state index in [0.29, 0.717) is 17.1 Å². The minimum atomic E-state index is -0.336. The molecule has 1 aliphatic heterocycles. The van der Waals surface area contributed by atoms with Gasteiger partial charge in [0.25, 0.3) is 0 Å². The number of benzene rings is 1. The van der Waals surface area contributed by atoms with E-state index in [1.807, 2.05) is 6.92 Å². The van der Waals surface area contributed by atoms with Crippen LogP contribution in [-0.2, 0) is 4.74 Å². The smallest absolute Gasteiger partial charge is 0.342 e. The van der Waals surface area contributed by atoms with E-state index in [1.165, 1.54) is 7.11 Å². The molecule has 15 heavy (non-hydrogen) atoms. The second-order valence-electron chi connectivity index (χ2n) is 3.34. The lowest BCUT2D eigenvalue weighted by Crippen LogP contribution is -1.99. The van der Waals surface area contributed by atoms with Gasteiger partial charge in [0, 0.05) is 11.6 Å². The van der Waals surface area contributed by atoms with Gasteiger partial charge in [-0.05, 0) is 13.0 Å². The highest BCUT2D eigenvalue weighted by molar-refractivity contribution is 5.97. The highest BCUT2D eigenvalue weighted by Crippen LogP contribution is 2.39. The lowest BCUT2D eigenvalue weighted by Gasteiger charge is -2.08. The van der Waals surface area contributed by atoms with Gasteiger partial charge in [-0.3, -0.25) is 0 Å². The van der Waals surface area contributed by atoms with Gasteiger partial charge in [0.15, 0.2) is 0 Å². The van der Waals surface area contributed by atoms with Gasteiger partial charge in [-0.1, -0.05) is 0 Å². The molecule has 4 heteroatoms. The van der Waals surface area contributed by atoms with Crippen LogP contribution in [0.3, 0.4) is 0 Å². The van der Waals surface area contributed by atoms with Gasteiger partial charge < -0.3 is 14.2 Å². The Balaban J connectivity index is 2.62. The average Bonchev–Trinajstić information content (AvgIpc) is 2.53. The molecule has 0 fully saturated rings. The number of ether oxygens (including phenoxy) is 3. The Morgan fingerprint density at radius 3 is 2.60 bits per heavy atom. The number of cyclic esters (lactones) is 1. The summed E-state index contributed by atoms with van der Waals surface area (Å²) >= 11 is 0. The van der Waals surface area contributed by atoms with E-state index >= 15 is 0 Å². The number of rotatable bonds is 2. The third-order valence-electron chi connectivity index (χ3n) is 2.49. The lowest BCUT2D eigenvalue weighted by atomic mass is 10.0. The molecule has 1 aromatic carbocycles. The summed E-state index contributed by atoms with van der Waals surface area (Å²) in [6.07, 6.45) is -0.239. The summed E-state index contributed by atoms with van der Waals surface area (Å²) in [6, 6.07) is 3.48. The second-order valence-corrected chi connectivity index (χ2v) is 3.34. The van der Waals surface area contributed by atoms with Crippen LogP contribution in [0.5, 0.6) is 11.5 Å². The molecule has 0 spiro atoms. The summed E-state index contributed by atoms with van der Waals surface area (Å²) in [5.41, 5.74) is 1.32. The normalized spacial score (nSPS) is 18.3. The van der Waals surface area contributed by atoms with Crippen molar-refractivity contribution in [1.29, 1.82) is 0 Å². The zero-order chi connectivity index (χ0) is 11.0. The van der Waals surface area contributed by atoms with Crippen molar-refractivity contribution in [3.63, 3.8) is 0 Å². The fraction of sp³-hybridized carbons (Fsp3) is 0.364. The molecular formula is C11H12O4. The summed E-state index contributed by atoms with van der Waals surface area (Å²) < 4.78 is 15.4. The molecule has 0 aliphatic carbocycles. The van der Waals surface area contributed by atoms with Crippen molar-refractivity contribution in [3.8, 4) is 11.5 Å². The minimum absolute atomic E-state index is 0.239. The van der Waals surface area contributed by atoms with Crippen molar-refractivity contribution in [3.05, 3.63) is 23.3 Å². The van der Waals surface area contributed by atoms with Gasteiger partial charge >= 0.3 is 5.97 Å². The van der Waals surface area contributed by atoms with Gasteiger partial charge in [-0.25, -0.2) is 4.79 Å². The highest BCUT2D eigenvalue weighted by atomic mass is 16.6. The summed E-state index contributed by atoms with van der Waals surface area (Å²) in [5, 5.41) is 0. The van der Waals surface area contributed by atoms with Crippen LogP contribution in [0.25, 0.3) is 0 Å². The summed E-state index contributed by atoms with van der Waals surface area (Å²) in [4.78, 5) is 11.5. The molecule has 1 atom stereocenters. The molecule has 1 heterocycles. The molecule has 4 nitrogen and oxygen atoms in total. The lowest BCUT2D eigenvalue weighted by molar-refractivity contribution is 0.0420. The van der Waals surface area contributed by atoms with Gasteiger partial charge in [0.1, 0.15) is 23.2 Å². The fourth-order valence-corrected chi connectivity index (χ4v) is 1.71. The molecule has 0 aromatic heterocycles. The molecule has 0 N–H and O–H groups in total. The Hall–Kier alpha value is -1.71. The maximum absolute atomic E-state index is 11.5. The predicted molar refractivity (Wildman–Crippen MR) is 53.4 cm³/mol. The zero-order valence-electron chi connectivity index (χ0n) is 8.87. The van der Waals surface area contributed by atoms with Crippen LogP contribution >= 0.6 is 0 Å². The van der Waals surface area contributed by atoms with Crippen LogP contribution in [0, 0.1) is 0 Å². The van der Waals surface area contributed by atoms with E-state index in [0.717, 1.165) is 5.56 Å². The number of hydrogen-bond donors (Lipinski definition) is 0. The Labute approximate surface area is 87.8 Å². The van der Waals surface area contributed by atoms with E-state index in [9.17, 15) is 4.79 Å². The van der Waals surface area contributed by atoms with E-state index in [2.05, 4.69) is 0 Å². The summed E-state index contributed by atoms with van der Waals surface area (Å²) in [6.45, 7) is 1.82. The Morgan fingerprint density at radius 1 is 1.27 bits per heavy atom. The molecule has 1 aromatic rings. The molecule has 0 saturated carbocycles. The molecule has 0 radical (unpaired) electrons. The average molecular weight is 208 g/mol.